The number of carbonyl (C=O) groups is 1. The SMILES string of the molecule is NC(=O)c1ccc2c(c1)SNCN2. The minimum atomic E-state index is -0.394. The molecule has 0 spiro atoms. The molecule has 13 heavy (non-hydrogen) atoms. The number of primary amides is 1. The summed E-state index contributed by atoms with van der Waals surface area (Å²) in [7, 11) is 0. The summed E-state index contributed by atoms with van der Waals surface area (Å²) < 4.78 is 3.06. The number of nitrogens with one attached hydrogen (secondary N) is 2. The molecular formula is C8H9N3OS. The van der Waals surface area contributed by atoms with Crippen LogP contribution in [0.4, 0.5) is 5.69 Å². The van der Waals surface area contributed by atoms with E-state index in [1.165, 1.54) is 11.9 Å². The molecule has 0 aromatic heterocycles. The Balaban J connectivity index is 2.40. The van der Waals surface area contributed by atoms with Crippen molar-refractivity contribution < 1.29 is 4.79 Å². The Morgan fingerprint density at radius 2 is 2.38 bits per heavy atom. The Morgan fingerprint density at radius 3 is 3.15 bits per heavy atom. The first-order chi connectivity index (χ1) is 6.27. The highest BCUT2D eigenvalue weighted by atomic mass is 32.2. The number of hydrogen-bond acceptors (Lipinski definition) is 4. The maximum Gasteiger partial charge on any atom is 0.248 e. The minimum absolute atomic E-state index is 0.394. The molecule has 0 aliphatic carbocycles. The van der Waals surface area contributed by atoms with Crippen LogP contribution in [0.15, 0.2) is 23.1 Å². The molecule has 4 nitrogen and oxygen atoms in total. The highest BCUT2D eigenvalue weighted by Crippen LogP contribution is 2.28. The summed E-state index contributed by atoms with van der Waals surface area (Å²) >= 11 is 1.50. The van der Waals surface area contributed by atoms with E-state index < -0.39 is 5.91 Å². The molecule has 1 amide bonds. The summed E-state index contributed by atoms with van der Waals surface area (Å²) in [6.07, 6.45) is 0. The molecule has 68 valence electrons. The molecule has 0 radical (unpaired) electrons. The van der Waals surface area contributed by atoms with Gasteiger partial charge in [0.1, 0.15) is 0 Å². The molecule has 0 bridgehead atoms. The number of amides is 1. The van der Waals surface area contributed by atoms with Crippen LogP contribution >= 0.6 is 11.9 Å². The molecule has 4 N–H and O–H groups in total. The Morgan fingerprint density at radius 1 is 1.54 bits per heavy atom. The van der Waals surface area contributed by atoms with Gasteiger partial charge in [0.05, 0.1) is 12.4 Å². The molecule has 1 heterocycles. The van der Waals surface area contributed by atoms with Crippen LogP contribution in [0.5, 0.6) is 0 Å². The second kappa shape index (κ2) is 3.27. The van der Waals surface area contributed by atoms with Crippen molar-refractivity contribution in [3.63, 3.8) is 0 Å². The Bertz CT molecular complexity index is 353. The van der Waals surface area contributed by atoms with E-state index in [2.05, 4.69) is 10.0 Å². The number of fused-ring (bicyclic) bond motifs is 1. The number of nitrogens with two attached hydrogens (primary N) is 1. The van der Waals surface area contributed by atoms with Gasteiger partial charge in [-0.1, -0.05) is 0 Å². The molecule has 1 aromatic carbocycles. The van der Waals surface area contributed by atoms with Gasteiger partial charge in [0, 0.05) is 10.5 Å². The summed E-state index contributed by atoms with van der Waals surface area (Å²) in [5.41, 5.74) is 6.73. The van der Waals surface area contributed by atoms with E-state index in [0.29, 0.717) is 5.56 Å². The third-order valence-corrected chi connectivity index (χ3v) is 2.65. The molecule has 0 unspecified atom stereocenters. The average molecular weight is 195 g/mol. The first-order valence-corrected chi connectivity index (χ1v) is 4.66. The van der Waals surface area contributed by atoms with Crippen LogP contribution in [0.2, 0.25) is 0 Å². The van der Waals surface area contributed by atoms with Crippen molar-refractivity contribution >= 4 is 23.5 Å². The van der Waals surface area contributed by atoms with Gasteiger partial charge in [-0.2, -0.15) is 0 Å². The Hall–Kier alpha value is -1.20. The Labute approximate surface area is 80.0 Å². The lowest BCUT2D eigenvalue weighted by Gasteiger charge is -2.18. The van der Waals surface area contributed by atoms with E-state index in [4.69, 9.17) is 5.73 Å². The Kier molecular flexibility index (Phi) is 2.12. The van der Waals surface area contributed by atoms with Crippen LogP contribution in [0.3, 0.4) is 0 Å². The van der Waals surface area contributed by atoms with Crippen LogP contribution in [0.25, 0.3) is 0 Å². The fraction of sp³-hybridized carbons (Fsp3) is 0.125. The summed E-state index contributed by atoms with van der Waals surface area (Å²) in [6, 6.07) is 5.37. The van der Waals surface area contributed by atoms with Crippen molar-refractivity contribution in [1.82, 2.24) is 4.72 Å². The lowest BCUT2D eigenvalue weighted by molar-refractivity contribution is 0.1000. The zero-order valence-corrected chi connectivity index (χ0v) is 7.65. The quantitative estimate of drug-likeness (QED) is 0.579. The van der Waals surface area contributed by atoms with Crippen molar-refractivity contribution in [3.05, 3.63) is 23.8 Å². The minimum Gasteiger partial charge on any atom is -0.371 e. The molecule has 0 saturated carbocycles. The maximum atomic E-state index is 10.9. The summed E-state index contributed by atoms with van der Waals surface area (Å²) in [5.74, 6) is -0.394. The molecule has 1 aliphatic heterocycles. The van der Waals surface area contributed by atoms with Crippen molar-refractivity contribution in [2.45, 2.75) is 4.90 Å². The predicted molar refractivity (Wildman–Crippen MR) is 52.4 cm³/mol. The first-order valence-electron chi connectivity index (χ1n) is 3.85. The smallest absolute Gasteiger partial charge is 0.248 e. The molecule has 0 atom stereocenters. The lowest BCUT2D eigenvalue weighted by Crippen LogP contribution is -2.20. The largest absolute Gasteiger partial charge is 0.371 e. The lowest BCUT2D eigenvalue weighted by atomic mass is 10.2. The van der Waals surface area contributed by atoms with Gasteiger partial charge >= 0.3 is 0 Å². The number of hydrogen-bond donors (Lipinski definition) is 3. The van der Waals surface area contributed by atoms with Gasteiger partial charge in [0.2, 0.25) is 5.91 Å². The van der Waals surface area contributed by atoms with Gasteiger partial charge in [0.25, 0.3) is 0 Å². The zero-order chi connectivity index (χ0) is 9.26. The van der Waals surface area contributed by atoms with E-state index in [1.54, 1.807) is 12.1 Å². The first kappa shape index (κ1) is 8.40. The average Bonchev–Trinajstić information content (AvgIpc) is 2.17. The topological polar surface area (TPSA) is 67.2 Å². The van der Waals surface area contributed by atoms with Gasteiger partial charge in [0.15, 0.2) is 0 Å². The molecular weight excluding hydrogens is 186 g/mol. The molecule has 2 rings (SSSR count). The van der Waals surface area contributed by atoms with E-state index >= 15 is 0 Å². The van der Waals surface area contributed by atoms with Gasteiger partial charge in [-0.15, -0.1) is 0 Å². The molecule has 0 fully saturated rings. The third-order valence-electron chi connectivity index (χ3n) is 1.80. The number of rotatable bonds is 1. The normalized spacial score (nSPS) is 14.5. The van der Waals surface area contributed by atoms with E-state index in [9.17, 15) is 4.79 Å². The van der Waals surface area contributed by atoms with E-state index in [1.807, 2.05) is 6.07 Å². The van der Waals surface area contributed by atoms with Crippen LogP contribution in [0, 0.1) is 0 Å². The van der Waals surface area contributed by atoms with Crippen molar-refractivity contribution in [2.75, 3.05) is 12.0 Å². The van der Waals surface area contributed by atoms with Crippen molar-refractivity contribution in [2.24, 2.45) is 5.73 Å². The van der Waals surface area contributed by atoms with E-state index in [0.717, 1.165) is 17.3 Å². The van der Waals surface area contributed by atoms with Gasteiger partial charge in [-0.05, 0) is 30.1 Å². The van der Waals surface area contributed by atoms with Crippen molar-refractivity contribution in [1.29, 1.82) is 0 Å². The van der Waals surface area contributed by atoms with Crippen LogP contribution in [-0.4, -0.2) is 12.6 Å². The fourth-order valence-corrected chi connectivity index (χ4v) is 1.89. The standard InChI is InChI=1S/C8H9N3OS/c9-8(12)5-1-2-6-7(3-5)13-11-4-10-6/h1-3,10-11H,4H2,(H2,9,12). The van der Waals surface area contributed by atoms with E-state index in [-0.39, 0.29) is 0 Å². The summed E-state index contributed by atoms with van der Waals surface area (Å²) in [5, 5.41) is 3.14. The molecule has 1 aromatic rings. The maximum absolute atomic E-state index is 10.9. The summed E-state index contributed by atoms with van der Waals surface area (Å²) in [6.45, 7) is 0.730. The van der Waals surface area contributed by atoms with Crippen molar-refractivity contribution in [3.8, 4) is 0 Å². The fourth-order valence-electron chi connectivity index (χ4n) is 1.15. The van der Waals surface area contributed by atoms with Gasteiger partial charge < -0.3 is 11.1 Å². The highest BCUT2D eigenvalue weighted by Gasteiger charge is 2.10. The third kappa shape index (κ3) is 1.61. The monoisotopic (exact) mass is 195 g/mol. The highest BCUT2D eigenvalue weighted by molar-refractivity contribution is 7.97. The van der Waals surface area contributed by atoms with Gasteiger partial charge in [-0.25, -0.2) is 4.72 Å². The predicted octanol–water partition coefficient (Wildman–Crippen LogP) is 0.765. The summed E-state index contributed by atoms with van der Waals surface area (Å²) in [4.78, 5) is 11.9. The van der Waals surface area contributed by atoms with Crippen LogP contribution in [0.1, 0.15) is 10.4 Å². The number of anilines is 1. The molecule has 5 heteroatoms. The second-order valence-corrected chi connectivity index (χ2v) is 3.61. The number of carbonyl (C=O) groups excluding carboxylic acids is 1. The van der Waals surface area contributed by atoms with Crippen LogP contribution < -0.4 is 15.8 Å². The molecule has 1 aliphatic rings. The number of benzene rings is 1. The van der Waals surface area contributed by atoms with Gasteiger partial charge in [-0.3, -0.25) is 4.79 Å². The molecule has 0 saturated heterocycles. The second-order valence-electron chi connectivity index (χ2n) is 2.68. The zero-order valence-electron chi connectivity index (χ0n) is 6.83. The van der Waals surface area contributed by atoms with Crippen LogP contribution in [-0.2, 0) is 0 Å².